The Kier molecular flexibility index (Phi) is 4.46. The van der Waals surface area contributed by atoms with Crippen molar-refractivity contribution in [1.29, 1.82) is 0 Å². The molecular weight excluding hydrogens is 338 g/mol. The minimum Gasteiger partial charge on any atom is -0.395 e. The van der Waals surface area contributed by atoms with Gasteiger partial charge in [-0.1, -0.05) is 18.5 Å². The molecule has 124 valence electrons. The van der Waals surface area contributed by atoms with Gasteiger partial charge in [-0.3, -0.25) is 5.10 Å². The van der Waals surface area contributed by atoms with Gasteiger partial charge in [-0.05, 0) is 30.7 Å². The van der Waals surface area contributed by atoms with E-state index in [0.717, 1.165) is 11.3 Å². The second-order valence-corrected chi connectivity index (χ2v) is 7.84. The van der Waals surface area contributed by atoms with Crippen LogP contribution < -0.4 is 0 Å². The normalized spacial score (nSPS) is 22.0. The van der Waals surface area contributed by atoms with Crippen LogP contribution in [0.1, 0.15) is 30.6 Å². The molecule has 2 heterocycles. The smallest absolute Gasteiger partial charge is 0.243 e. The van der Waals surface area contributed by atoms with E-state index >= 15 is 0 Å². The molecule has 3 rings (SSSR count). The van der Waals surface area contributed by atoms with Gasteiger partial charge in [0.1, 0.15) is 0 Å². The first-order valence-electron chi connectivity index (χ1n) is 7.41. The number of H-pyrrole nitrogens is 1. The van der Waals surface area contributed by atoms with Crippen LogP contribution in [-0.4, -0.2) is 40.7 Å². The summed E-state index contributed by atoms with van der Waals surface area (Å²) >= 11 is 5.85. The summed E-state index contributed by atoms with van der Waals surface area (Å²) in [5.74, 6) is 0. The highest BCUT2D eigenvalue weighted by atomic mass is 35.5. The maximum atomic E-state index is 13.1. The molecule has 0 radical (unpaired) electrons. The predicted octanol–water partition coefficient (Wildman–Crippen LogP) is 2.12. The molecule has 0 spiro atoms. The Bertz CT molecular complexity index is 789. The molecule has 2 aromatic rings. The molecule has 0 saturated carbocycles. The molecule has 0 bridgehead atoms. The van der Waals surface area contributed by atoms with Crippen molar-refractivity contribution in [3.8, 4) is 0 Å². The molecule has 0 aliphatic carbocycles. The lowest BCUT2D eigenvalue weighted by molar-refractivity contribution is 0.142. The number of hydrogen-bond acceptors (Lipinski definition) is 4. The standard InChI is InChI=1S/C15H18ClN3O3S/c1-2-15-13-8-17-18-14(13)7-11(9-20)19(15)23(21,22)12-5-3-10(16)4-6-12/h3-6,8,11,15,20H,2,7,9H2,1H3,(H,17,18)/t11-,15-/m0/s1. The molecule has 6 nitrogen and oxygen atoms in total. The number of halogens is 1. The number of hydrogen-bond donors (Lipinski definition) is 2. The van der Waals surface area contributed by atoms with Crippen LogP contribution in [0.5, 0.6) is 0 Å². The largest absolute Gasteiger partial charge is 0.395 e. The zero-order valence-corrected chi connectivity index (χ0v) is 14.2. The lowest BCUT2D eigenvalue weighted by atomic mass is 9.95. The van der Waals surface area contributed by atoms with Crippen molar-refractivity contribution >= 4 is 21.6 Å². The summed E-state index contributed by atoms with van der Waals surface area (Å²) in [4.78, 5) is 0.172. The lowest BCUT2D eigenvalue weighted by Gasteiger charge is -2.39. The van der Waals surface area contributed by atoms with E-state index < -0.39 is 16.1 Å². The maximum absolute atomic E-state index is 13.1. The van der Waals surface area contributed by atoms with Crippen LogP contribution in [0.3, 0.4) is 0 Å². The molecule has 1 aliphatic heterocycles. The van der Waals surface area contributed by atoms with Gasteiger partial charge < -0.3 is 5.11 Å². The van der Waals surface area contributed by atoms with Gasteiger partial charge in [0.05, 0.1) is 29.8 Å². The van der Waals surface area contributed by atoms with Gasteiger partial charge in [0.25, 0.3) is 0 Å². The predicted molar refractivity (Wildman–Crippen MR) is 86.7 cm³/mol. The SMILES string of the molecule is CC[C@H]1c2cn[nH]c2C[C@@H](CO)N1S(=O)(=O)c1ccc(Cl)cc1. The fourth-order valence-corrected chi connectivity index (χ4v) is 5.11. The van der Waals surface area contributed by atoms with Crippen molar-refractivity contribution < 1.29 is 13.5 Å². The zero-order chi connectivity index (χ0) is 16.6. The average molecular weight is 356 g/mol. The molecular formula is C15H18ClN3O3S. The highest BCUT2D eigenvalue weighted by Crippen LogP contribution is 2.38. The summed E-state index contributed by atoms with van der Waals surface area (Å²) in [7, 11) is -3.75. The first-order chi connectivity index (χ1) is 11.0. The zero-order valence-electron chi connectivity index (χ0n) is 12.6. The molecule has 0 saturated heterocycles. The third-order valence-corrected chi connectivity index (χ3v) is 6.43. The van der Waals surface area contributed by atoms with Crippen molar-refractivity contribution in [3.63, 3.8) is 0 Å². The number of aliphatic hydroxyl groups excluding tert-OH is 1. The minimum atomic E-state index is -3.75. The van der Waals surface area contributed by atoms with Crippen molar-refractivity contribution in [2.45, 2.75) is 36.7 Å². The summed E-state index contributed by atoms with van der Waals surface area (Å²) in [6, 6.07) is 5.21. The summed E-state index contributed by atoms with van der Waals surface area (Å²) in [6.07, 6.45) is 2.67. The van der Waals surface area contributed by atoms with E-state index in [1.54, 1.807) is 18.3 Å². The van der Waals surface area contributed by atoms with Crippen LogP contribution in [0.4, 0.5) is 0 Å². The maximum Gasteiger partial charge on any atom is 0.243 e. The van der Waals surface area contributed by atoms with Crippen LogP contribution in [-0.2, 0) is 16.4 Å². The van der Waals surface area contributed by atoms with E-state index in [1.165, 1.54) is 16.4 Å². The van der Waals surface area contributed by atoms with Gasteiger partial charge in [-0.2, -0.15) is 9.40 Å². The van der Waals surface area contributed by atoms with Gasteiger partial charge in [0.15, 0.2) is 0 Å². The van der Waals surface area contributed by atoms with E-state index in [1.807, 2.05) is 6.92 Å². The molecule has 1 aliphatic rings. The van der Waals surface area contributed by atoms with Crippen molar-refractivity contribution in [1.82, 2.24) is 14.5 Å². The molecule has 2 N–H and O–H groups in total. The van der Waals surface area contributed by atoms with Gasteiger partial charge in [0, 0.05) is 22.7 Å². The van der Waals surface area contributed by atoms with Crippen molar-refractivity contribution in [2.75, 3.05) is 6.61 Å². The Labute approximate surface area is 140 Å². The first-order valence-corrected chi connectivity index (χ1v) is 9.23. The van der Waals surface area contributed by atoms with Crippen molar-refractivity contribution in [3.05, 3.63) is 46.7 Å². The van der Waals surface area contributed by atoms with Gasteiger partial charge in [-0.25, -0.2) is 8.42 Å². The Balaban J connectivity index is 2.09. The number of benzene rings is 1. The summed E-state index contributed by atoms with van der Waals surface area (Å²) in [5, 5.41) is 17.1. The number of nitrogens with one attached hydrogen (secondary N) is 1. The highest BCUT2D eigenvalue weighted by molar-refractivity contribution is 7.89. The number of nitrogens with zero attached hydrogens (tertiary/aromatic N) is 2. The monoisotopic (exact) mass is 355 g/mol. The van der Waals surface area contributed by atoms with Gasteiger partial charge >= 0.3 is 0 Å². The van der Waals surface area contributed by atoms with Gasteiger partial charge in [-0.15, -0.1) is 0 Å². The Morgan fingerprint density at radius 2 is 2.09 bits per heavy atom. The fourth-order valence-electron chi connectivity index (χ4n) is 3.13. The van der Waals surface area contributed by atoms with Crippen LogP contribution in [0, 0.1) is 0 Å². The first kappa shape index (κ1) is 16.4. The third-order valence-electron chi connectivity index (χ3n) is 4.20. The van der Waals surface area contributed by atoms with Crippen LogP contribution >= 0.6 is 11.6 Å². The molecule has 0 amide bonds. The van der Waals surface area contributed by atoms with Crippen molar-refractivity contribution in [2.24, 2.45) is 0 Å². The average Bonchev–Trinajstić information content (AvgIpc) is 3.01. The number of aromatic amines is 1. The molecule has 8 heteroatoms. The molecule has 0 fully saturated rings. The molecule has 23 heavy (non-hydrogen) atoms. The molecule has 1 aromatic heterocycles. The summed E-state index contributed by atoms with van der Waals surface area (Å²) < 4.78 is 27.6. The Morgan fingerprint density at radius 1 is 1.39 bits per heavy atom. The Morgan fingerprint density at radius 3 is 2.70 bits per heavy atom. The second kappa shape index (κ2) is 6.24. The van der Waals surface area contributed by atoms with Crippen LogP contribution in [0.15, 0.2) is 35.4 Å². The van der Waals surface area contributed by atoms with E-state index in [-0.39, 0.29) is 17.5 Å². The summed E-state index contributed by atoms with van der Waals surface area (Å²) in [5.41, 5.74) is 1.76. The molecule has 2 atom stereocenters. The van der Waals surface area contributed by atoms with E-state index in [9.17, 15) is 13.5 Å². The molecule has 0 unspecified atom stereocenters. The van der Waals surface area contributed by atoms with E-state index in [2.05, 4.69) is 10.2 Å². The minimum absolute atomic E-state index is 0.172. The Hall–Kier alpha value is -1.41. The topological polar surface area (TPSA) is 86.3 Å². The second-order valence-electron chi connectivity index (χ2n) is 5.56. The third kappa shape index (κ3) is 2.78. The highest BCUT2D eigenvalue weighted by Gasteiger charge is 2.42. The number of aromatic nitrogens is 2. The number of fused-ring (bicyclic) bond motifs is 1. The van der Waals surface area contributed by atoms with E-state index in [0.29, 0.717) is 17.9 Å². The summed E-state index contributed by atoms with van der Waals surface area (Å²) in [6.45, 7) is 1.67. The lowest BCUT2D eigenvalue weighted by Crippen LogP contribution is -2.48. The molecule has 1 aromatic carbocycles. The van der Waals surface area contributed by atoms with Crippen LogP contribution in [0.2, 0.25) is 5.02 Å². The van der Waals surface area contributed by atoms with Gasteiger partial charge in [0.2, 0.25) is 10.0 Å². The number of rotatable bonds is 4. The fraction of sp³-hybridized carbons (Fsp3) is 0.400. The number of sulfonamides is 1. The van der Waals surface area contributed by atoms with E-state index in [4.69, 9.17) is 11.6 Å². The van der Waals surface area contributed by atoms with Crippen LogP contribution in [0.25, 0.3) is 0 Å². The number of aliphatic hydroxyl groups is 1. The quantitative estimate of drug-likeness (QED) is 0.879.